The van der Waals surface area contributed by atoms with Crippen molar-refractivity contribution in [3.8, 4) is 0 Å². The molecule has 2 bridgehead atoms. The van der Waals surface area contributed by atoms with Gasteiger partial charge in [0.1, 0.15) is 60.9 Å². The molecule has 11 N–H and O–H groups in total. The zero-order valence-electron chi connectivity index (χ0n) is 41.5. The predicted molar refractivity (Wildman–Crippen MR) is 250 cm³/mol. The number of carbonyl (C=O) groups is 4. The number of nitrogens with one attached hydrogen (secondary N) is 2. The highest BCUT2D eigenvalue weighted by Crippen LogP contribution is 2.73. The highest BCUT2D eigenvalue weighted by Gasteiger charge is 2.69. The summed E-state index contributed by atoms with van der Waals surface area (Å²) in [4.78, 5) is 53.7. The summed E-state index contributed by atoms with van der Waals surface area (Å²) in [6, 6.07) is 6.28. The average Bonchev–Trinajstić information content (AvgIpc) is 3.56. The molecule has 7 fully saturated rings. The van der Waals surface area contributed by atoms with Gasteiger partial charge in [-0.3, -0.25) is 14.4 Å². The van der Waals surface area contributed by atoms with Gasteiger partial charge in [-0.1, -0.05) is 57.2 Å². The van der Waals surface area contributed by atoms with Crippen molar-refractivity contribution in [1.29, 1.82) is 0 Å². The number of aliphatic hydroxyl groups is 8. The van der Waals surface area contributed by atoms with Crippen LogP contribution in [0.5, 0.6) is 0 Å². The van der Waals surface area contributed by atoms with Crippen LogP contribution in [0.2, 0.25) is 0 Å². The Morgan fingerprint density at radius 3 is 2.19 bits per heavy atom. The largest absolute Gasteiger partial charge is 0.481 e. The number of aliphatic carboxylic acids is 1. The summed E-state index contributed by atoms with van der Waals surface area (Å²) in [6.45, 7) is 6.92. The number of carbonyl (C=O) groups excluding carboxylic acids is 3. The van der Waals surface area contributed by atoms with Gasteiger partial charge in [0, 0.05) is 18.3 Å². The van der Waals surface area contributed by atoms with E-state index >= 15 is 0 Å². The molecule has 73 heavy (non-hydrogen) atoms. The minimum Gasteiger partial charge on any atom is -0.481 e. The highest BCUT2D eigenvalue weighted by atomic mass is 16.8. The molecular formula is C51H74N2O20. The maximum absolute atomic E-state index is 14.8. The number of hydrogen-bond acceptors (Lipinski definition) is 19. The lowest BCUT2D eigenvalue weighted by molar-refractivity contribution is -0.391. The summed E-state index contributed by atoms with van der Waals surface area (Å²) in [6.07, 6.45) is -15.6. The van der Waals surface area contributed by atoms with Crippen molar-refractivity contribution in [1.82, 2.24) is 10.6 Å². The fourth-order valence-electron chi connectivity index (χ4n) is 14.0. The summed E-state index contributed by atoms with van der Waals surface area (Å²) in [7, 11) is 1.19. The number of amides is 2. The van der Waals surface area contributed by atoms with Crippen LogP contribution in [0.3, 0.4) is 0 Å². The van der Waals surface area contributed by atoms with E-state index in [1.165, 1.54) is 7.11 Å². The van der Waals surface area contributed by atoms with Crippen molar-refractivity contribution < 1.29 is 98.3 Å². The third-order valence-electron chi connectivity index (χ3n) is 17.6. The molecule has 2 unspecified atom stereocenters. The zero-order valence-corrected chi connectivity index (χ0v) is 41.5. The number of fused-ring (bicyclic) bond motifs is 3. The molecular weight excluding hydrogens is 961 g/mol. The molecule has 22 nitrogen and oxygen atoms in total. The van der Waals surface area contributed by atoms with E-state index in [-0.39, 0.29) is 24.7 Å². The smallest absolute Gasteiger partial charge is 0.328 e. The lowest BCUT2D eigenvalue weighted by Crippen LogP contribution is -2.66. The van der Waals surface area contributed by atoms with Crippen molar-refractivity contribution in [2.45, 2.75) is 188 Å². The lowest BCUT2D eigenvalue weighted by Gasteiger charge is -2.64. The van der Waals surface area contributed by atoms with E-state index in [1.54, 1.807) is 30.3 Å². The third kappa shape index (κ3) is 10.7. The van der Waals surface area contributed by atoms with Crippen molar-refractivity contribution in [3.05, 3.63) is 48.0 Å². The SMILES string of the molecule is C=C1C[C@@]23CC[C@H]4[C@@](C)(CCC[C@@]4(C)C(=O)NC(CC(=O)O)C(=O)NC(Cc4ccccc4)C(=O)OC)[C@@H]2CC[C@]1(O[C@@H]1O[C@H](CO)[C@@H](O)[C@H](O[C@@H]2O[C@H](CO)C[C@H](O)[C@H]2O)[C@H]1O[C@@H]1OC[C@@H](O)[C@H](O)[C@H]1O)C3. The molecule has 3 aliphatic heterocycles. The van der Waals surface area contributed by atoms with Crippen LogP contribution >= 0.6 is 0 Å². The normalized spacial score (nSPS) is 43.2. The van der Waals surface area contributed by atoms with Crippen molar-refractivity contribution >= 4 is 23.8 Å². The second-order valence-corrected chi connectivity index (χ2v) is 22.1. The number of ether oxygens (including phenoxy) is 7. The Hall–Kier alpha value is -3.72. The molecule has 1 aromatic carbocycles. The molecule has 22 heteroatoms. The van der Waals surface area contributed by atoms with Gasteiger partial charge < -0.3 is 89.8 Å². The molecule has 1 spiro atoms. The maximum Gasteiger partial charge on any atom is 0.328 e. The van der Waals surface area contributed by atoms with Gasteiger partial charge in [-0.05, 0) is 85.2 Å². The monoisotopic (exact) mass is 1030 g/mol. The Kier molecular flexibility index (Phi) is 16.8. The first-order valence-electron chi connectivity index (χ1n) is 25.5. The zero-order chi connectivity index (χ0) is 52.8. The lowest BCUT2D eigenvalue weighted by atomic mass is 9.40. The number of hydrogen-bond donors (Lipinski definition) is 11. The van der Waals surface area contributed by atoms with Gasteiger partial charge in [-0.2, -0.15) is 0 Å². The average molecular weight is 1040 g/mol. The summed E-state index contributed by atoms with van der Waals surface area (Å²) < 4.78 is 42.2. The fraction of sp³-hybridized carbons (Fsp3) is 0.765. The number of rotatable bonds is 17. The Morgan fingerprint density at radius 1 is 0.795 bits per heavy atom. The molecule has 3 saturated heterocycles. The van der Waals surface area contributed by atoms with Gasteiger partial charge in [0.2, 0.25) is 11.8 Å². The summed E-state index contributed by atoms with van der Waals surface area (Å²) in [5.41, 5.74) is -1.45. The molecule has 1 aromatic rings. The third-order valence-corrected chi connectivity index (χ3v) is 17.6. The van der Waals surface area contributed by atoms with Crippen LogP contribution in [0.25, 0.3) is 0 Å². The molecule has 21 atom stereocenters. The molecule has 4 saturated carbocycles. The second-order valence-electron chi connectivity index (χ2n) is 22.1. The highest BCUT2D eigenvalue weighted by molar-refractivity contribution is 5.94. The number of methoxy groups -OCH3 is 1. The van der Waals surface area contributed by atoms with E-state index in [4.69, 9.17) is 33.2 Å². The van der Waals surface area contributed by atoms with E-state index in [9.17, 15) is 65.1 Å². The van der Waals surface area contributed by atoms with Gasteiger partial charge in [0.05, 0.1) is 51.2 Å². The van der Waals surface area contributed by atoms with Crippen LogP contribution in [0, 0.1) is 28.1 Å². The predicted octanol–water partition coefficient (Wildman–Crippen LogP) is -0.929. The Morgan fingerprint density at radius 2 is 1.51 bits per heavy atom. The molecule has 3 heterocycles. The Balaban J connectivity index is 1.03. The fourth-order valence-corrected chi connectivity index (χ4v) is 14.0. The maximum atomic E-state index is 14.8. The van der Waals surface area contributed by atoms with Crippen molar-refractivity contribution in [2.24, 2.45) is 28.1 Å². The second kappa shape index (κ2) is 22.1. The molecule has 8 rings (SSSR count). The molecule has 2 amide bonds. The number of carboxylic acid groups (broad SMARTS) is 1. The number of benzene rings is 1. The van der Waals surface area contributed by atoms with Crippen LogP contribution in [-0.4, -0.2) is 194 Å². The standard InChI is InChI=1S/C51H74N2O20/c1-25-20-50-15-11-33-48(2,13-8-14-49(33,3)47(66)53-28(19-35(58)59)42(64)52-29(43(65)67-4)17-26-9-6-5-7-10-26)34(50)12-16-51(25,24-50)73-46-41(72-44-39(63)36(60)31(57)23-68-44)40(38(62)32(22-55)70-46)71-45-37(61)30(56)18-27(21-54)69-45/h5-7,9-10,27-34,36-41,44-46,54-57,60-63H,1,8,11-24H2,2-4H3,(H,52,64)(H,53,66)(H,58,59)/t27-,28?,29?,30-,31+,32+,33-,34-,36-,37+,38+,39+,40-,41+,44-,45-,46-,48+,49+,50+,51-/m0/s1. The molecule has 408 valence electrons. The van der Waals surface area contributed by atoms with Gasteiger partial charge in [-0.15, -0.1) is 0 Å². The minimum atomic E-state index is -1.81. The van der Waals surface area contributed by atoms with E-state index < -0.39 is 164 Å². The van der Waals surface area contributed by atoms with Gasteiger partial charge in [0.25, 0.3) is 0 Å². The molecule has 4 aliphatic carbocycles. The van der Waals surface area contributed by atoms with Crippen LogP contribution in [0.15, 0.2) is 42.5 Å². The first-order valence-corrected chi connectivity index (χ1v) is 25.5. The van der Waals surface area contributed by atoms with Gasteiger partial charge in [0.15, 0.2) is 18.9 Å². The van der Waals surface area contributed by atoms with Gasteiger partial charge in [-0.25, -0.2) is 4.79 Å². The quantitative estimate of drug-likeness (QED) is 0.0510. The first-order chi connectivity index (χ1) is 34.6. The topological polar surface area (TPSA) is 339 Å². The Bertz CT molecular complexity index is 2160. The van der Waals surface area contributed by atoms with E-state index in [1.807, 2.05) is 6.92 Å². The van der Waals surface area contributed by atoms with Crippen molar-refractivity contribution in [2.75, 3.05) is 26.9 Å². The van der Waals surface area contributed by atoms with Crippen molar-refractivity contribution in [3.63, 3.8) is 0 Å². The molecule has 0 aromatic heterocycles. The van der Waals surface area contributed by atoms with E-state index in [2.05, 4.69) is 24.1 Å². The number of carboxylic acids is 1. The first kappa shape index (κ1) is 55.5. The molecule has 7 aliphatic rings. The summed E-state index contributed by atoms with van der Waals surface area (Å²) in [5, 5.41) is 101. The van der Waals surface area contributed by atoms with E-state index in [0.717, 1.165) is 17.6 Å². The number of esters is 1. The van der Waals surface area contributed by atoms with Crippen LogP contribution < -0.4 is 10.6 Å². The number of aliphatic hydroxyl groups excluding tert-OH is 8. The van der Waals surface area contributed by atoms with Crippen LogP contribution in [-0.2, 0) is 58.8 Å². The summed E-state index contributed by atoms with van der Waals surface area (Å²) >= 11 is 0. The van der Waals surface area contributed by atoms with Crippen LogP contribution in [0.1, 0.15) is 90.0 Å². The Labute approximate surface area is 423 Å². The van der Waals surface area contributed by atoms with Gasteiger partial charge >= 0.3 is 11.9 Å². The van der Waals surface area contributed by atoms with E-state index in [0.29, 0.717) is 51.4 Å². The molecule has 0 radical (unpaired) electrons. The van der Waals surface area contributed by atoms with Crippen LogP contribution in [0.4, 0.5) is 0 Å². The minimum absolute atomic E-state index is 0.0380. The summed E-state index contributed by atoms with van der Waals surface area (Å²) in [5.74, 6) is -3.49.